The average molecular weight is 580 g/mol. The molecule has 0 heterocycles. The van der Waals surface area contributed by atoms with Gasteiger partial charge in [0.2, 0.25) is 5.91 Å². The van der Waals surface area contributed by atoms with Crippen LogP contribution in [-0.4, -0.2) is 30.3 Å². The lowest BCUT2D eigenvalue weighted by Gasteiger charge is -2.19. The second kappa shape index (κ2) is 11.7. The molecule has 2 N–H and O–H groups in total. The molecular formula is C22H16Cl3F7N2O2. The Balaban J connectivity index is 2.18. The molecule has 2 aromatic carbocycles. The highest BCUT2D eigenvalue weighted by Crippen LogP contribution is 2.42. The van der Waals surface area contributed by atoms with E-state index in [9.17, 15) is 40.3 Å². The second-order valence-electron chi connectivity index (χ2n) is 7.46. The summed E-state index contributed by atoms with van der Waals surface area (Å²) in [5.74, 6) is -5.88. The van der Waals surface area contributed by atoms with Crippen LogP contribution < -0.4 is 10.6 Å². The van der Waals surface area contributed by atoms with Crippen LogP contribution in [0, 0.1) is 0 Å². The molecule has 196 valence electrons. The third-order valence-electron chi connectivity index (χ3n) is 4.54. The van der Waals surface area contributed by atoms with Crippen molar-refractivity contribution in [3.63, 3.8) is 0 Å². The van der Waals surface area contributed by atoms with Crippen molar-refractivity contribution in [3.05, 3.63) is 74.2 Å². The molecule has 2 amide bonds. The highest BCUT2D eigenvalue weighted by molar-refractivity contribution is 6.48. The summed E-state index contributed by atoms with van der Waals surface area (Å²) >= 11 is 17.4. The molecule has 0 saturated heterocycles. The Hall–Kier alpha value is -2.50. The number of rotatable bonds is 7. The Morgan fingerprint density at radius 1 is 0.917 bits per heavy atom. The first kappa shape index (κ1) is 29.7. The number of allylic oxidation sites excluding steroid dienone is 1. The number of benzene rings is 2. The van der Waals surface area contributed by atoms with Crippen molar-refractivity contribution in [2.45, 2.75) is 37.8 Å². The summed E-state index contributed by atoms with van der Waals surface area (Å²) in [6.07, 6.45) is -12.2. The van der Waals surface area contributed by atoms with Gasteiger partial charge in [0.05, 0.1) is 21.2 Å². The van der Waals surface area contributed by atoms with E-state index < -0.39 is 54.1 Å². The molecular weight excluding hydrogens is 564 g/mol. The molecule has 0 radical (unpaired) electrons. The molecule has 0 aliphatic carbocycles. The zero-order valence-corrected chi connectivity index (χ0v) is 20.3. The van der Waals surface area contributed by atoms with Crippen molar-refractivity contribution in [1.29, 1.82) is 0 Å². The summed E-state index contributed by atoms with van der Waals surface area (Å²) in [7, 11) is 0. The van der Waals surface area contributed by atoms with Gasteiger partial charge in [0.15, 0.2) is 0 Å². The van der Waals surface area contributed by atoms with Crippen LogP contribution in [0.5, 0.6) is 0 Å². The third-order valence-corrected chi connectivity index (χ3v) is 5.74. The lowest BCUT2D eigenvalue weighted by Crippen LogP contribution is -2.46. The van der Waals surface area contributed by atoms with Crippen molar-refractivity contribution in [1.82, 2.24) is 10.6 Å². The van der Waals surface area contributed by atoms with Crippen LogP contribution in [-0.2, 0) is 4.79 Å². The molecule has 2 rings (SSSR count). The molecule has 0 aromatic heterocycles. The molecule has 0 bridgehead atoms. The van der Waals surface area contributed by atoms with Crippen molar-refractivity contribution in [2.75, 3.05) is 0 Å². The number of nitrogens with one attached hydrogen (secondary N) is 2. The first-order valence-electron chi connectivity index (χ1n) is 9.84. The maximum absolute atomic E-state index is 14.7. The van der Waals surface area contributed by atoms with Crippen LogP contribution in [0.3, 0.4) is 0 Å². The van der Waals surface area contributed by atoms with Crippen molar-refractivity contribution in [2.24, 2.45) is 0 Å². The summed E-state index contributed by atoms with van der Waals surface area (Å²) in [4.78, 5) is 23.5. The fraction of sp³-hybridized carbons (Fsp3) is 0.273. The minimum absolute atomic E-state index is 0.0906. The summed E-state index contributed by atoms with van der Waals surface area (Å²) < 4.78 is 92.3. The van der Waals surface area contributed by atoms with Gasteiger partial charge in [-0.2, -0.15) is 26.3 Å². The van der Waals surface area contributed by atoms with Gasteiger partial charge in [-0.05, 0) is 42.8 Å². The fourth-order valence-corrected chi connectivity index (χ4v) is 3.56. The number of carbonyl (C=O) groups is 2. The largest absolute Gasteiger partial charge is 0.399 e. The number of hydrogen-bond acceptors (Lipinski definition) is 2. The van der Waals surface area contributed by atoms with E-state index in [4.69, 9.17) is 34.8 Å². The molecule has 14 heteroatoms. The second-order valence-corrected chi connectivity index (χ2v) is 8.66. The highest BCUT2D eigenvalue weighted by atomic mass is 35.5. The number of carbonyl (C=O) groups excluding carboxylic acids is 2. The standard InChI is InChI=1S/C22H16Cl3F7N2O2/c1-10(33-18(35)9-21(27,28)29)34-20(36)12-4-2-11(3-5-12)17(26)8-14(22(30,31)32)13-6-15(23)19(25)16(24)7-13/h2-8,10,14H,9H2,1H3,(H,33,35)(H,34,36)/b17-8-. The van der Waals surface area contributed by atoms with E-state index in [0.29, 0.717) is 6.08 Å². The lowest BCUT2D eigenvalue weighted by atomic mass is 9.96. The zero-order chi connectivity index (χ0) is 27.4. The van der Waals surface area contributed by atoms with Gasteiger partial charge in [-0.3, -0.25) is 9.59 Å². The Labute approximate surface area is 215 Å². The molecule has 0 aliphatic rings. The molecule has 0 saturated carbocycles. The van der Waals surface area contributed by atoms with Crippen molar-refractivity contribution >= 4 is 52.4 Å². The first-order chi connectivity index (χ1) is 16.5. The van der Waals surface area contributed by atoms with Crippen molar-refractivity contribution in [3.8, 4) is 0 Å². The maximum Gasteiger partial charge on any atom is 0.399 e. The lowest BCUT2D eigenvalue weighted by molar-refractivity contribution is -0.154. The highest BCUT2D eigenvalue weighted by Gasteiger charge is 2.40. The average Bonchev–Trinajstić information content (AvgIpc) is 2.73. The van der Waals surface area contributed by atoms with Gasteiger partial charge in [0.25, 0.3) is 5.91 Å². The predicted octanol–water partition coefficient (Wildman–Crippen LogP) is 7.45. The minimum atomic E-state index is -4.91. The van der Waals surface area contributed by atoms with E-state index in [-0.39, 0.29) is 26.2 Å². The monoisotopic (exact) mass is 578 g/mol. The summed E-state index contributed by atoms with van der Waals surface area (Å²) in [6, 6.07) is 6.06. The third kappa shape index (κ3) is 8.56. The quantitative estimate of drug-likeness (QED) is 0.203. The molecule has 0 fully saturated rings. The van der Waals surface area contributed by atoms with Gasteiger partial charge < -0.3 is 10.6 Å². The van der Waals surface area contributed by atoms with Crippen LogP contribution >= 0.6 is 34.8 Å². The Bertz CT molecular complexity index is 1130. The predicted molar refractivity (Wildman–Crippen MR) is 122 cm³/mol. The smallest absolute Gasteiger partial charge is 0.336 e. The summed E-state index contributed by atoms with van der Waals surface area (Å²) in [6.45, 7) is 1.22. The van der Waals surface area contributed by atoms with Gasteiger partial charge >= 0.3 is 12.4 Å². The van der Waals surface area contributed by atoms with E-state index in [1.54, 1.807) is 0 Å². The number of amides is 2. The molecule has 4 nitrogen and oxygen atoms in total. The topological polar surface area (TPSA) is 58.2 Å². The van der Waals surface area contributed by atoms with Crippen LogP contribution in [0.1, 0.15) is 40.7 Å². The van der Waals surface area contributed by atoms with E-state index in [1.807, 2.05) is 5.32 Å². The first-order valence-corrected chi connectivity index (χ1v) is 11.0. The number of alkyl halides is 6. The van der Waals surface area contributed by atoms with E-state index in [1.165, 1.54) is 6.92 Å². The van der Waals surface area contributed by atoms with E-state index >= 15 is 0 Å². The van der Waals surface area contributed by atoms with Gasteiger partial charge in [-0.15, -0.1) is 0 Å². The number of halogens is 10. The Morgan fingerprint density at radius 3 is 1.89 bits per heavy atom. The van der Waals surface area contributed by atoms with Crippen LogP contribution in [0.25, 0.3) is 5.83 Å². The molecule has 2 atom stereocenters. The minimum Gasteiger partial charge on any atom is -0.336 e. The van der Waals surface area contributed by atoms with Crippen LogP contribution in [0.4, 0.5) is 30.7 Å². The molecule has 2 unspecified atom stereocenters. The van der Waals surface area contributed by atoms with E-state index in [2.05, 4.69) is 5.32 Å². The molecule has 36 heavy (non-hydrogen) atoms. The summed E-state index contributed by atoms with van der Waals surface area (Å²) in [5, 5.41) is 3.50. The summed E-state index contributed by atoms with van der Waals surface area (Å²) in [5.41, 5.74) is -0.833. The molecule has 0 spiro atoms. The maximum atomic E-state index is 14.7. The van der Waals surface area contributed by atoms with E-state index in [0.717, 1.165) is 36.4 Å². The molecule has 2 aromatic rings. The van der Waals surface area contributed by atoms with Crippen molar-refractivity contribution < 1.29 is 40.3 Å². The Morgan fingerprint density at radius 2 is 1.42 bits per heavy atom. The number of hydrogen-bond donors (Lipinski definition) is 2. The van der Waals surface area contributed by atoms with Gasteiger partial charge in [0, 0.05) is 11.1 Å². The SMILES string of the molecule is CC(NC(=O)CC(F)(F)F)NC(=O)c1ccc(/C(F)=C/C(c2cc(Cl)c(Cl)c(Cl)c2)C(F)(F)F)cc1. The Kier molecular flexibility index (Phi) is 9.66. The zero-order valence-electron chi connectivity index (χ0n) is 18.0. The van der Waals surface area contributed by atoms with Crippen LogP contribution in [0.2, 0.25) is 15.1 Å². The molecule has 0 aliphatic heterocycles. The fourth-order valence-electron chi connectivity index (χ4n) is 2.95. The van der Waals surface area contributed by atoms with Gasteiger partial charge in [-0.25, -0.2) is 4.39 Å². The van der Waals surface area contributed by atoms with Gasteiger partial charge in [0.1, 0.15) is 18.2 Å². The normalized spacial score (nSPS) is 14.2. The van der Waals surface area contributed by atoms with Gasteiger partial charge in [-0.1, -0.05) is 46.9 Å². The van der Waals surface area contributed by atoms with Crippen LogP contribution in [0.15, 0.2) is 42.5 Å².